The molecule has 1 N–H and O–H groups in total. The summed E-state index contributed by atoms with van der Waals surface area (Å²) in [6.07, 6.45) is 0.877. The number of hydrogen-bond donors (Lipinski definition) is 1. The lowest BCUT2D eigenvalue weighted by Crippen LogP contribution is -2.44. The molecule has 0 aromatic heterocycles. The van der Waals surface area contributed by atoms with Crippen LogP contribution in [0, 0.1) is 0 Å². The van der Waals surface area contributed by atoms with Crippen LogP contribution in [0.2, 0.25) is 0 Å². The number of alkyl halides is 3. The van der Waals surface area contributed by atoms with Gasteiger partial charge in [-0.05, 0) is 37.1 Å². The van der Waals surface area contributed by atoms with Crippen LogP contribution in [0.1, 0.15) is 37.7 Å². The topological polar surface area (TPSA) is 32.3 Å². The van der Waals surface area contributed by atoms with Crippen molar-refractivity contribution in [3.8, 4) is 0 Å². The molecule has 2 aliphatic rings. The number of urea groups is 1. The fraction of sp³-hybridized carbons (Fsp3) is 0.533. The highest BCUT2D eigenvalue weighted by molar-refractivity contribution is 5.95. The maximum atomic E-state index is 12.6. The van der Waals surface area contributed by atoms with Crippen LogP contribution in [-0.4, -0.2) is 18.1 Å². The Balaban J connectivity index is 1.79. The first kappa shape index (κ1) is 14.2. The first-order chi connectivity index (χ1) is 9.90. The molecule has 1 aromatic rings. The number of nitrogens with one attached hydrogen (secondary N) is 1. The Kier molecular flexibility index (Phi) is 3.34. The molecule has 114 valence electrons. The Morgan fingerprint density at radius 3 is 2.24 bits per heavy atom. The van der Waals surface area contributed by atoms with Crippen LogP contribution in [0.15, 0.2) is 24.3 Å². The molecular weight excluding hydrogens is 281 g/mol. The van der Waals surface area contributed by atoms with Crippen molar-refractivity contribution in [1.29, 1.82) is 0 Å². The highest BCUT2D eigenvalue weighted by atomic mass is 19.4. The zero-order valence-electron chi connectivity index (χ0n) is 11.5. The predicted octanol–water partition coefficient (Wildman–Crippen LogP) is 3.94. The Hall–Kier alpha value is -1.72. The number of carbonyl (C=O) groups is 1. The van der Waals surface area contributed by atoms with Crippen molar-refractivity contribution in [1.82, 2.24) is 5.32 Å². The molecule has 1 aliphatic heterocycles. The van der Waals surface area contributed by atoms with Gasteiger partial charge in [0.15, 0.2) is 0 Å². The van der Waals surface area contributed by atoms with Gasteiger partial charge in [-0.2, -0.15) is 13.2 Å². The van der Waals surface area contributed by atoms with Gasteiger partial charge in [0.25, 0.3) is 0 Å². The highest BCUT2D eigenvalue weighted by Gasteiger charge is 2.43. The van der Waals surface area contributed by atoms with Crippen molar-refractivity contribution in [2.24, 2.45) is 0 Å². The number of benzene rings is 1. The average Bonchev–Trinajstić information content (AvgIpc) is 2.75. The van der Waals surface area contributed by atoms with E-state index in [1.165, 1.54) is 18.6 Å². The fourth-order valence-electron chi connectivity index (χ4n) is 3.26. The number of hydrogen-bond acceptors (Lipinski definition) is 1. The van der Waals surface area contributed by atoms with Crippen molar-refractivity contribution in [3.05, 3.63) is 29.8 Å². The first-order valence-electron chi connectivity index (χ1n) is 7.17. The summed E-state index contributed by atoms with van der Waals surface area (Å²) in [6, 6.07) is 4.56. The second kappa shape index (κ2) is 4.93. The minimum absolute atomic E-state index is 0.196. The van der Waals surface area contributed by atoms with Gasteiger partial charge in [0.05, 0.1) is 17.6 Å². The Morgan fingerprint density at radius 1 is 1.05 bits per heavy atom. The lowest BCUT2D eigenvalue weighted by atomic mass is 9.82. The monoisotopic (exact) mass is 298 g/mol. The minimum Gasteiger partial charge on any atom is -0.330 e. The summed E-state index contributed by atoms with van der Waals surface area (Å²) in [5.41, 5.74) is -0.376. The molecule has 2 fully saturated rings. The molecule has 1 spiro atoms. The van der Waals surface area contributed by atoms with Crippen LogP contribution in [0.4, 0.5) is 23.7 Å². The summed E-state index contributed by atoms with van der Waals surface area (Å²) in [7, 11) is 0. The molecule has 1 aromatic carbocycles. The van der Waals surface area contributed by atoms with E-state index in [4.69, 9.17) is 0 Å². The summed E-state index contributed by atoms with van der Waals surface area (Å²) in [6.45, 7) is 0.539. The molecule has 0 bridgehead atoms. The number of amides is 2. The standard InChI is InChI=1S/C15H17F3N2O/c16-15(17,18)11-4-6-12(7-5-11)20-10-14(19-13(20)21)8-2-1-3-9-14/h4-7H,1-3,8-10H2,(H,19,21). The molecule has 3 rings (SSSR count). The third kappa shape index (κ3) is 2.71. The fourth-order valence-corrected chi connectivity index (χ4v) is 3.26. The molecule has 1 aliphatic carbocycles. The third-order valence-electron chi connectivity index (χ3n) is 4.39. The lowest BCUT2D eigenvalue weighted by Gasteiger charge is -2.32. The molecular formula is C15H17F3N2O. The number of nitrogens with zero attached hydrogens (tertiary/aromatic N) is 1. The zero-order valence-corrected chi connectivity index (χ0v) is 11.5. The van der Waals surface area contributed by atoms with Crippen molar-refractivity contribution in [3.63, 3.8) is 0 Å². The van der Waals surface area contributed by atoms with Gasteiger partial charge < -0.3 is 5.32 Å². The first-order valence-corrected chi connectivity index (χ1v) is 7.17. The smallest absolute Gasteiger partial charge is 0.330 e. The van der Waals surface area contributed by atoms with Crippen molar-refractivity contribution >= 4 is 11.7 Å². The maximum Gasteiger partial charge on any atom is 0.416 e. The molecule has 21 heavy (non-hydrogen) atoms. The average molecular weight is 298 g/mol. The van der Waals surface area contributed by atoms with Crippen molar-refractivity contribution in [2.45, 2.75) is 43.8 Å². The number of carbonyl (C=O) groups excluding carboxylic acids is 1. The Labute approximate surface area is 121 Å². The SMILES string of the molecule is O=C1NC2(CCCCC2)CN1c1ccc(C(F)(F)F)cc1. The van der Waals surface area contributed by atoms with E-state index in [0.717, 1.165) is 37.8 Å². The summed E-state index contributed by atoms with van der Waals surface area (Å²) in [5, 5.41) is 3.03. The van der Waals surface area contributed by atoms with Crippen LogP contribution >= 0.6 is 0 Å². The van der Waals surface area contributed by atoms with E-state index in [0.29, 0.717) is 12.2 Å². The molecule has 3 nitrogen and oxygen atoms in total. The van der Waals surface area contributed by atoms with Gasteiger partial charge >= 0.3 is 12.2 Å². The summed E-state index contributed by atoms with van der Waals surface area (Å²) >= 11 is 0. The van der Waals surface area contributed by atoms with Crippen LogP contribution in [0.25, 0.3) is 0 Å². The zero-order chi connectivity index (χ0) is 15.1. The molecule has 1 saturated heterocycles. The van der Waals surface area contributed by atoms with Crippen molar-refractivity contribution in [2.75, 3.05) is 11.4 Å². The van der Waals surface area contributed by atoms with Gasteiger partial charge in [0.2, 0.25) is 0 Å². The number of rotatable bonds is 1. The summed E-state index contributed by atoms with van der Waals surface area (Å²) in [5.74, 6) is 0. The molecule has 0 unspecified atom stereocenters. The van der Waals surface area contributed by atoms with Gasteiger partial charge in [0.1, 0.15) is 0 Å². The van der Waals surface area contributed by atoms with E-state index < -0.39 is 11.7 Å². The summed E-state index contributed by atoms with van der Waals surface area (Å²) < 4.78 is 37.7. The molecule has 0 atom stereocenters. The van der Waals surface area contributed by atoms with E-state index in [9.17, 15) is 18.0 Å². The van der Waals surface area contributed by atoms with E-state index in [1.54, 1.807) is 4.90 Å². The van der Waals surface area contributed by atoms with Crippen LogP contribution in [0.3, 0.4) is 0 Å². The van der Waals surface area contributed by atoms with Crippen molar-refractivity contribution < 1.29 is 18.0 Å². The van der Waals surface area contributed by atoms with Gasteiger partial charge in [0, 0.05) is 5.69 Å². The predicted molar refractivity (Wildman–Crippen MR) is 73.1 cm³/mol. The molecule has 6 heteroatoms. The van der Waals surface area contributed by atoms with Gasteiger partial charge in [-0.25, -0.2) is 4.79 Å². The van der Waals surface area contributed by atoms with E-state index in [-0.39, 0.29) is 11.6 Å². The van der Waals surface area contributed by atoms with Gasteiger partial charge in [-0.3, -0.25) is 4.90 Å². The molecule has 1 heterocycles. The van der Waals surface area contributed by atoms with E-state index in [1.807, 2.05) is 0 Å². The molecule has 1 saturated carbocycles. The van der Waals surface area contributed by atoms with Gasteiger partial charge in [-0.15, -0.1) is 0 Å². The second-order valence-corrected chi connectivity index (χ2v) is 5.90. The van der Waals surface area contributed by atoms with E-state index >= 15 is 0 Å². The maximum absolute atomic E-state index is 12.6. The highest BCUT2D eigenvalue weighted by Crippen LogP contribution is 2.35. The number of anilines is 1. The van der Waals surface area contributed by atoms with Crippen LogP contribution in [-0.2, 0) is 6.18 Å². The quantitative estimate of drug-likeness (QED) is 0.837. The lowest BCUT2D eigenvalue weighted by molar-refractivity contribution is -0.137. The summed E-state index contributed by atoms with van der Waals surface area (Å²) in [4.78, 5) is 13.7. The van der Waals surface area contributed by atoms with Crippen LogP contribution in [0.5, 0.6) is 0 Å². The van der Waals surface area contributed by atoms with E-state index in [2.05, 4.69) is 5.32 Å². The second-order valence-electron chi connectivity index (χ2n) is 5.90. The Bertz CT molecular complexity index is 533. The molecule has 2 amide bonds. The largest absolute Gasteiger partial charge is 0.416 e. The van der Waals surface area contributed by atoms with Gasteiger partial charge in [-0.1, -0.05) is 19.3 Å². The number of halogens is 3. The van der Waals surface area contributed by atoms with Crippen LogP contribution < -0.4 is 10.2 Å². The Morgan fingerprint density at radius 2 is 1.67 bits per heavy atom. The normalized spacial score (nSPS) is 21.7. The third-order valence-corrected chi connectivity index (χ3v) is 4.39. The molecule has 0 radical (unpaired) electrons. The minimum atomic E-state index is -4.35.